The number of rotatable bonds is 8. The number of carbonyl (C=O) groups is 2. The molecule has 1 saturated heterocycles. The molecule has 0 atom stereocenters. The summed E-state index contributed by atoms with van der Waals surface area (Å²) in [4.78, 5) is 28.3. The van der Waals surface area contributed by atoms with Crippen LogP contribution in [0.4, 0.5) is 0 Å². The van der Waals surface area contributed by atoms with Gasteiger partial charge in [-0.1, -0.05) is 13.3 Å². The number of aryl methyl sites for hydroxylation is 1. The van der Waals surface area contributed by atoms with Crippen LogP contribution in [0.25, 0.3) is 0 Å². The molecule has 1 aliphatic heterocycles. The first-order chi connectivity index (χ1) is 12.0. The first-order valence-electron chi connectivity index (χ1n) is 8.91. The highest BCUT2D eigenvalue weighted by Gasteiger charge is 2.25. The van der Waals surface area contributed by atoms with Crippen LogP contribution in [0.15, 0.2) is 6.20 Å². The van der Waals surface area contributed by atoms with Gasteiger partial charge in [-0.05, 0) is 6.42 Å². The lowest BCUT2D eigenvalue weighted by atomic mass is 10.2. The van der Waals surface area contributed by atoms with Crippen molar-refractivity contribution in [2.45, 2.75) is 26.2 Å². The van der Waals surface area contributed by atoms with Crippen molar-refractivity contribution < 1.29 is 14.3 Å². The summed E-state index contributed by atoms with van der Waals surface area (Å²) < 4.78 is 6.76. The molecule has 0 aliphatic carbocycles. The van der Waals surface area contributed by atoms with Gasteiger partial charge >= 0.3 is 0 Å². The third-order valence-corrected chi connectivity index (χ3v) is 4.39. The third-order valence-electron chi connectivity index (χ3n) is 4.39. The molecule has 25 heavy (non-hydrogen) atoms. The van der Waals surface area contributed by atoms with Gasteiger partial charge in [-0.25, -0.2) is 0 Å². The van der Waals surface area contributed by atoms with Crippen molar-refractivity contribution in [3.8, 4) is 5.88 Å². The summed E-state index contributed by atoms with van der Waals surface area (Å²) in [6.07, 6.45) is 4.26. The topological polar surface area (TPSA) is 79.7 Å². The number of carbonyl (C=O) groups excluding carboxylic acids is 2. The molecule has 1 aromatic rings. The molecular formula is C17H29N5O3. The van der Waals surface area contributed by atoms with Crippen molar-refractivity contribution in [3.63, 3.8) is 0 Å². The average Bonchev–Trinajstić information content (AvgIpc) is 3.01. The molecule has 2 amide bonds. The summed E-state index contributed by atoms with van der Waals surface area (Å²) in [5, 5.41) is 7.09. The summed E-state index contributed by atoms with van der Waals surface area (Å²) >= 11 is 0. The number of piperazine rings is 1. The summed E-state index contributed by atoms with van der Waals surface area (Å²) in [6.45, 7) is 6.50. The highest BCUT2D eigenvalue weighted by molar-refractivity contribution is 5.96. The lowest BCUT2D eigenvalue weighted by Crippen LogP contribution is -2.50. The Morgan fingerprint density at radius 2 is 2.00 bits per heavy atom. The maximum atomic E-state index is 12.6. The Morgan fingerprint density at radius 3 is 2.64 bits per heavy atom. The van der Waals surface area contributed by atoms with Crippen LogP contribution in [0.2, 0.25) is 0 Å². The van der Waals surface area contributed by atoms with Crippen LogP contribution in [-0.4, -0.2) is 77.8 Å². The van der Waals surface area contributed by atoms with Gasteiger partial charge in [-0.15, -0.1) is 5.10 Å². The molecule has 8 nitrogen and oxygen atoms in total. The van der Waals surface area contributed by atoms with Crippen molar-refractivity contribution in [2.24, 2.45) is 7.05 Å². The van der Waals surface area contributed by atoms with E-state index in [-0.39, 0.29) is 11.8 Å². The Balaban J connectivity index is 1.74. The molecule has 2 rings (SSSR count). The fourth-order valence-electron chi connectivity index (χ4n) is 2.89. The number of hydrogen-bond acceptors (Lipinski definition) is 5. The van der Waals surface area contributed by atoms with Gasteiger partial charge in [0.15, 0.2) is 0 Å². The van der Waals surface area contributed by atoms with Gasteiger partial charge in [0.05, 0.1) is 7.11 Å². The molecule has 8 heteroatoms. The second-order valence-electron chi connectivity index (χ2n) is 6.31. The minimum atomic E-state index is -0.0440. The molecule has 0 bridgehead atoms. The summed E-state index contributed by atoms with van der Waals surface area (Å²) in [5.74, 6) is 0.446. The first-order valence-corrected chi connectivity index (χ1v) is 8.91. The lowest BCUT2D eigenvalue weighted by molar-refractivity contribution is -0.121. The molecule has 2 heterocycles. The Labute approximate surface area is 149 Å². The minimum absolute atomic E-state index is 0.0440. The largest absolute Gasteiger partial charge is 0.479 e. The zero-order valence-corrected chi connectivity index (χ0v) is 15.5. The number of aromatic nitrogens is 2. The van der Waals surface area contributed by atoms with Crippen molar-refractivity contribution in [3.05, 3.63) is 11.8 Å². The van der Waals surface area contributed by atoms with E-state index in [1.807, 2.05) is 4.90 Å². The van der Waals surface area contributed by atoms with Crippen molar-refractivity contribution in [1.29, 1.82) is 0 Å². The monoisotopic (exact) mass is 351 g/mol. The SMILES string of the molecule is CCCCC(=O)NCCN1CCN(C(=O)c2cn(C)nc2OC)CC1. The van der Waals surface area contributed by atoms with Gasteiger partial charge in [0.1, 0.15) is 5.56 Å². The van der Waals surface area contributed by atoms with E-state index < -0.39 is 0 Å². The van der Waals surface area contributed by atoms with Crippen LogP contribution >= 0.6 is 0 Å². The number of amides is 2. The molecule has 1 aliphatic rings. The van der Waals surface area contributed by atoms with Crippen LogP contribution in [0.1, 0.15) is 36.5 Å². The molecule has 1 aromatic heterocycles. The molecule has 0 aromatic carbocycles. The number of nitrogens with zero attached hydrogens (tertiary/aromatic N) is 4. The maximum Gasteiger partial charge on any atom is 0.261 e. The van der Waals surface area contributed by atoms with Gasteiger partial charge in [-0.2, -0.15) is 0 Å². The van der Waals surface area contributed by atoms with Crippen LogP contribution in [0.3, 0.4) is 0 Å². The number of unbranched alkanes of at least 4 members (excludes halogenated alkanes) is 1. The normalized spacial score (nSPS) is 15.2. The van der Waals surface area contributed by atoms with Gasteiger partial charge in [0.2, 0.25) is 11.8 Å². The van der Waals surface area contributed by atoms with Gasteiger partial charge in [0, 0.05) is 58.9 Å². The number of nitrogens with one attached hydrogen (secondary N) is 1. The van der Waals surface area contributed by atoms with Crippen molar-refractivity contribution in [1.82, 2.24) is 24.9 Å². The van der Waals surface area contributed by atoms with Crippen LogP contribution < -0.4 is 10.1 Å². The fraction of sp³-hybridized carbons (Fsp3) is 0.706. The Morgan fingerprint density at radius 1 is 1.28 bits per heavy atom. The van der Waals surface area contributed by atoms with Crippen molar-refractivity contribution >= 4 is 11.8 Å². The second kappa shape index (κ2) is 9.41. The summed E-state index contributed by atoms with van der Waals surface area (Å²) in [5.41, 5.74) is 0.502. The summed E-state index contributed by atoms with van der Waals surface area (Å²) in [6, 6.07) is 0. The van der Waals surface area contributed by atoms with E-state index in [0.717, 1.165) is 32.5 Å². The summed E-state index contributed by atoms with van der Waals surface area (Å²) in [7, 11) is 3.29. The van der Waals surface area contributed by atoms with E-state index >= 15 is 0 Å². The number of hydrogen-bond donors (Lipinski definition) is 1. The molecule has 0 saturated carbocycles. The van der Waals surface area contributed by atoms with E-state index in [2.05, 4.69) is 22.2 Å². The molecule has 0 radical (unpaired) electrons. The van der Waals surface area contributed by atoms with Crippen LogP contribution in [-0.2, 0) is 11.8 Å². The lowest BCUT2D eigenvalue weighted by Gasteiger charge is -2.34. The van der Waals surface area contributed by atoms with E-state index in [1.165, 1.54) is 7.11 Å². The van der Waals surface area contributed by atoms with E-state index in [1.54, 1.807) is 17.9 Å². The molecule has 0 unspecified atom stereocenters. The van der Waals surface area contributed by atoms with Crippen LogP contribution in [0, 0.1) is 0 Å². The first kappa shape index (κ1) is 19.2. The number of methoxy groups -OCH3 is 1. The molecular weight excluding hydrogens is 322 g/mol. The Kier molecular flexibility index (Phi) is 7.24. The second-order valence-corrected chi connectivity index (χ2v) is 6.31. The smallest absolute Gasteiger partial charge is 0.261 e. The minimum Gasteiger partial charge on any atom is -0.479 e. The van der Waals surface area contributed by atoms with Crippen LogP contribution in [0.5, 0.6) is 5.88 Å². The fourth-order valence-corrected chi connectivity index (χ4v) is 2.89. The molecule has 1 fully saturated rings. The highest BCUT2D eigenvalue weighted by atomic mass is 16.5. The Hall–Kier alpha value is -2.09. The predicted molar refractivity (Wildman–Crippen MR) is 94.6 cm³/mol. The zero-order valence-electron chi connectivity index (χ0n) is 15.5. The highest BCUT2D eigenvalue weighted by Crippen LogP contribution is 2.18. The molecule has 1 N–H and O–H groups in total. The van der Waals surface area contributed by atoms with E-state index in [4.69, 9.17) is 4.74 Å². The van der Waals surface area contributed by atoms with Gasteiger partial charge < -0.3 is 15.0 Å². The average molecular weight is 351 g/mol. The van der Waals surface area contributed by atoms with Crippen molar-refractivity contribution in [2.75, 3.05) is 46.4 Å². The predicted octanol–water partition coefficient (Wildman–Crippen LogP) is 0.493. The Bertz CT molecular complexity index is 579. The molecule has 140 valence electrons. The van der Waals surface area contributed by atoms with E-state index in [9.17, 15) is 9.59 Å². The quantitative estimate of drug-likeness (QED) is 0.737. The van der Waals surface area contributed by atoms with Gasteiger partial charge in [-0.3, -0.25) is 19.2 Å². The maximum absolute atomic E-state index is 12.6. The van der Waals surface area contributed by atoms with Gasteiger partial charge in [0.25, 0.3) is 5.91 Å². The molecule has 0 spiro atoms. The van der Waals surface area contributed by atoms with E-state index in [0.29, 0.717) is 37.5 Å². The third kappa shape index (κ3) is 5.45. The number of ether oxygens (including phenoxy) is 1. The standard InChI is InChI=1S/C17H29N5O3/c1-4-5-6-15(23)18-7-8-21-9-11-22(12-10-21)17(24)14-13-20(2)19-16(14)25-3/h13H,4-12H2,1-3H3,(H,18,23). The zero-order chi connectivity index (χ0) is 18.2.